The van der Waals surface area contributed by atoms with Gasteiger partial charge in [-0.3, -0.25) is 0 Å². The number of anilines is 9. The molecule has 0 atom stereocenters. The largest absolute Gasteiger partial charge is 0.534 e. The maximum atomic E-state index is 14.0. The van der Waals surface area contributed by atoms with Crippen molar-refractivity contribution in [1.29, 1.82) is 0 Å². The molecule has 0 unspecified atom stereocenters. The Morgan fingerprint density at radius 1 is 0.259 bits per heavy atom. The van der Waals surface area contributed by atoms with Crippen molar-refractivity contribution in [2.75, 3.05) is 14.7 Å². The summed E-state index contributed by atoms with van der Waals surface area (Å²) in [4.78, 5) is 5.95. The van der Waals surface area contributed by atoms with Crippen molar-refractivity contribution in [1.82, 2.24) is 9.13 Å². The van der Waals surface area contributed by atoms with Crippen LogP contribution in [0.15, 0.2) is 435 Å². The summed E-state index contributed by atoms with van der Waals surface area (Å²) in [7, 11) is -12.0. The molecule has 0 aliphatic rings. The molecule has 0 aliphatic heterocycles. The number of benzene rings is 18. The molecule has 0 spiro atoms. The third-order valence-corrected chi connectivity index (χ3v) is 26.5. The molecule has 135 heavy (non-hydrogen) atoms. The zero-order chi connectivity index (χ0) is 92.0. The average molecular weight is 1890 g/mol. The van der Waals surface area contributed by atoms with Crippen molar-refractivity contribution in [2.24, 2.45) is 0 Å². The second-order valence-corrected chi connectivity index (χ2v) is 36.2. The Balaban J connectivity index is 0.000000134. The maximum absolute atomic E-state index is 14.0. The third kappa shape index (κ3) is 15.6. The minimum atomic E-state index is -6.09. The van der Waals surface area contributed by atoms with Gasteiger partial charge in [0.2, 0.25) is 0 Å². The van der Waals surface area contributed by atoms with E-state index in [4.69, 9.17) is 21.9 Å². The molecule has 0 amide bonds. The number of alkyl halides is 6. The van der Waals surface area contributed by atoms with Gasteiger partial charge in [-0.15, -0.1) is 0 Å². The fraction of sp³-hybridized carbons (Fsp3) is 0.0270. The highest BCUT2D eigenvalue weighted by molar-refractivity contribution is 9.10. The van der Waals surface area contributed by atoms with Crippen LogP contribution < -0.4 is 23.1 Å². The zero-order valence-corrected chi connectivity index (χ0v) is 74.0. The van der Waals surface area contributed by atoms with Crippen molar-refractivity contribution < 1.29 is 69.2 Å². The molecule has 660 valence electrons. The van der Waals surface area contributed by atoms with Gasteiger partial charge in [0.25, 0.3) is 0 Å². The second-order valence-electron chi connectivity index (χ2n) is 32.3. The first-order valence-corrected chi connectivity index (χ1v) is 46.5. The number of rotatable bonds is 17. The van der Waals surface area contributed by atoms with Gasteiger partial charge in [-0.05, 0) is 215 Å². The van der Waals surface area contributed by atoms with Crippen LogP contribution in [0.5, 0.6) is 11.5 Å². The van der Waals surface area contributed by atoms with Gasteiger partial charge in [-0.2, -0.15) is 43.2 Å². The molecule has 18 aromatic carbocycles. The molecule has 6 heterocycles. The standard InChI is InChI=1S/C55H34F3N3O5S.C37H22BrF3N2O4S.C19H14O/c56-55(57,58)67(62,63)66-41-33-47-46-30-38(59(35-14-4-1-5-15-35)39-24-27-43-42-20-10-12-22-48(42)61(49(43)31-39)37-18-8-3-9-19-37)26-29-52(46)65-54(47)50(34-41)60(36-16-6-2-7-17-36)40-25-28-45-44-21-11-13-23-51(44)64-53(45)32-40;38-32-22-27(47-48(44,45)37(39,40)41)21-31-30-19-25(16-18-35(30)46-36(31)32)42(23-9-3-1-4-10-23)26-15-17-29-28-13-7-8-14-33(28)43(34(29)20-26)24-11-5-2-6-12-24;1-2-6-14(7-3-1)12-15-10-11-17-16-8-4-5-9-18(16)20-19(17)13-15/h1-34H;1-22H;1-11,13H,12H2. The SMILES string of the molecule is O=S(=O)(Oc1cc(Br)c2oc3ccc(N(c4ccccc4)c4ccc5c6ccccc6n(-c6ccccc6)c5c4)cc3c2c1)C(F)(F)F.O=S(=O)(Oc1cc(N(c2ccccc2)c2ccc3c(c2)oc2ccccc23)c2oc3ccc(N(c4ccccc4)c4ccc5c6ccccc6n(-c6ccccc6)c5c4)cc3c2c1)C(F)(F)F.c1ccc(Cc2ccc3c(c2)oc2ccccc23)cc1. The molecule has 0 fully saturated rings. The highest BCUT2D eigenvalue weighted by Gasteiger charge is 2.50. The highest BCUT2D eigenvalue weighted by atomic mass is 79.9. The summed E-state index contributed by atoms with van der Waals surface area (Å²) in [5, 5.41) is 10.3. The van der Waals surface area contributed by atoms with Crippen molar-refractivity contribution >= 4 is 219 Å². The van der Waals surface area contributed by atoms with Crippen LogP contribution in [0.25, 0.3) is 143 Å². The molecular weight excluding hydrogens is 1820 g/mol. The van der Waals surface area contributed by atoms with E-state index in [9.17, 15) is 43.2 Å². The summed E-state index contributed by atoms with van der Waals surface area (Å²) >= 11 is 3.31. The van der Waals surface area contributed by atoms with Crippen LogP contribution in [0.2, 0.25) is 0 Å². The average Bonchev–Trinajstić information content (AvgIpc) is 1.58. The number of hydrogen-bond acceptors (Lipinski definition) is 13. The Morgan fingerprint density at radius 2 is 0.600 bits per heavy atom. The molecule has 0 saturated carbocycles. The normalized spacial score (nSPS) is 12.1. The van der Waals surface area contributed by atoms with Gasteiger partial charge in [0, 0.05) is 128 Å². The van der Waals surface area contributed by atoms with E-state index in [1.165, 1.54) is 40.1 Å². The summed E-state index contributed by atoms with van der Waals surface area (Å²) in [6.45, 7) is 0. The molecule has 0 bridgehead atoms. The molecule has 24 rings (SSSR count). The second kappa shape index (κ2) is 33.8. The number of hydrogen-bond donors (Lipinski definition) is 0. The van der Waals surface area contributed by atoms with E-state index in [1.807, 2.05) is 243 Å². The first-order chi connectivity index (χ1) is 65.6. The Hall–Kier alpha value is -16.3. The number of nitrogens with zero attached hydrogens (tertiary/aromatic N) is 5. The summed E-state index contributed by atoms with van der Waals surface area (Å²) in [5.74, 6) is -1.06. The van der Waals surface area contributed by atoms with Gasteiger partial charge in [0.15, 0.2) is 5.58 Å². The van der Waals surface area contributed by atoms with Gasteiger partial charge in [-0.1, -0.05) is 218 Å². The van der Waals surface area contributed by atoms with Crippen molar-refractivity contribution in [2.45, 2.75) is 17.4 Å². The molecule has 0 saturated heterocycles. The quantitative estimate of drug-likeness (QED) is 0.0482. The van der Waals surface area contributed by atoms with Crippen LogP contribution in [0.4, 0.5) is 77.5 Å². The smallest absolute Gasteiger partial charge is 0.456 e. The summed E-state index contributed by atoms with van der Waals surface area (Å²) < 4.78 is 170. The fourth-order valence-electron chi connectivity index (χ4n) is 18.0. The lowest BCUT2D eigenvalue weighted by Gasteiger charge is -2.26. The lowest BCUT2D eigenvalue weighted by molar-refractivity contribution is -0.0504. The summed E-state index contributed by atoms with van der Waals surface area (Å²) in [6.07, 6.45) is 0.938. The minimum Gasteiger partial charge on any atom is -0.456 e. The summed E-state index contributed by atoms with van der Waals surface area (Å²) in [5.41, 5.74) is 8.39. The topological polar surface area (TPSA) is 159 Å². The first kappa shape index (κ1) is 84.3. The Kier molecular flexibility index (Phi) is 21.1. The number of fused-ring (bicyclic) bond motifs is 18. The molecular formula is C111H70BrF6N5O10S2. The predicted octanol–water partition coefficient (Wildman–Crippen LogP) is 32.1. The Morgan fingerprint density at radius 3 is 1.07 bits per heavy atom. The van der Waals surface area contributed by atoms with E-state index in [-0.39, 0.29) is 15.7 Å². The molecule has 0 N–H and O–H groups in total. The van der Waals surface area contributed by atoms with E-state index >= 15 is 0 Å². The van der Waals surface area contributed by atoms with Gasteiger partial charge < -0.3 is 49.9 Å². The Bertz CT molecular complexity index is 8970. The van der Waals surface area contributed by atoms with Gasteiger partial charge in [0.05, 0.1) is 37.9 Å². The highest BCUT2D eigenvalue weighted by Crippen LogP contribution is 2.51. The summed E-state index contributed by atoms with van der Waals surface area (Å²) in [6, 6.07) is 133. The van der Waals surface area contributed by atoms with Gasteiger partial charge in [0.1, 0.15) is 50.6 Å². The lowest BCUT2D eigenvalue weighted by Crippen LogP contribution is -2.28. The molecule has 24 heteroatoms. The van der Waals surface area contributed by atoms with Gasteiger partial charge >= 0.3 is 31.3 Å². The molecule has 6 aromatic heterocycles. The van der Waals surface area contributed by atoms with Crippen LogP contribution in [0.1, 0.15) is 11.1 Å². The van der Waals surface area contributed by atoms with Crippen molar-refractivity contribution in [3.63, 3.8) is 0 Å². The van der Waals surface area contributed by atoms with Crippen molar-refractivity contribution in [3.05, 3.63) is 428 Å². The van der Waals surface area contributed by atoms with Crippen LogP contribution >= 0.6 is 15.9 Å². The first-order valence-electron chi connectivity index (χ1n) is 42.8. The number of aromatic nitrogens is 2. The van der Waals surface area contributed by atoms with E-state index in [0.717, 1.165) is 118 Å². The van der Waals surface area contributed by atoms with Crippen molar-refractivity contribution in [3.8, 4) is 22.9 Å². The molecule has 0 radical (unpaired) electrons. The monoisotopic (exact) mass is 1890 g/mol. The fourth-order valence-corrected chi connectivity index (χ4v) is 19.4. The van der Waals surface area contributed by atoms with E-state index in [2.05, 4.69) is 179 Å². The van der Waals surface area contributed by atoms with Crippen LogP contribution in [-0.2, 0) is 26.7 Å². The van der Waals surface area contributed by atoms with Crippen LogP contribution in [-0.4, -0.2) is 37.0 Å². The predicted molar refractivity (Wildman–Crippen MR) is 529 cm³/mol. The van der Waals surface area contributed by atoms with E-state index < -0.39 is 42.8 Å². The van der Waals surface area contributed by atoms with E-state index in [1.54, 1.807) is 11.0 Å². The number of halogens is 7. The van der Waals surface area contributed by atoms with Crippen LogP contribution in [0.3, 0.4) is 0 Å². The zero-order valence-electron chi connectivity index (χ0n) is 70.7. The Labute approximate surface area is 774 Å². The lowest BCUT2D eigenvalue weighted by atomic mass is 10.0. The third-order valence-electron chi connectivity index (χ3n) is 23.9. The molecule has 15 nitrogen and oxygen atoms in total. The minimum absolute atomic E-state index is 0.225. The van der Waals surface area contributed by atoms with E-state index in [0.29, 0.717) is 66.5 Å². The van der Waals surface area contributed by atoms with Gasteiger partial charge in [-0.25, -0.2) is 0 Å². The maximum Gasteiger partial charge on any atom is 0.534 e. The molecule has 24 aromatic rings. The number of para-hydroxylation sites is 9. The van der Waals surface area contributed by atoms with Crippen LogP contribution in [0, 0.1) is 0 Å². The number of furan rings is 4. The molecule has 0 aliphatic carbocycles.